The summed E-state index contributed by atoms with van der Waals surface area (Å²) in [5.41, 5.74) is 2.58. The van der Waals surface area contributed by atoms with E-state index in [0.717, 1.165) is 0 Å². The van der Waals surface area contributed by atoms with Gasteiger partial charge in [0.25, 0.3) is 11.8 Å². The number of ether oxygens (including phenoxy) is 2. The summed E-state index contributed by atoms with van der Waals surface area (Å²) in [7, 11) is 0. The Morgan fingerprint density at radius 2 is 1.19 bits per heavy atom. The fraction of sp³-hybridized carbons (Fsp3) is 0.125. The number of pyridine rings is 2. The Hall–Kier alpha value is -6.61. The second-order valence-corrected chi connectivity index (χ2v) is 9.33. The zero-order valence-corrected chi connectivity index (χ0v) is 24.3. The van der Waals surface area contributed by atoms with Crippen molar-refractivity contribution < 1.29 is 31.7 Å². The molecule has 47 heavy (non-hydrogen) atoms. The molecule has 4 aromatic heterocycles. The number of benzene rings is 2. The summed E-state index contributed by atoms with van der Waals surface area (Å²) in [6, 6.07) is 23.6. The molecule has 0 fully saturated rings. The van der Waals surface area contributed by atoms with Crippen LogP contribution in [0, 0.1) is 22.7 Å². The summed E-state index contributed by atoms with van der Waals surface area (Å²) in [5, 5.41) is 25.8. The molecule has 4 heterocycles. The zero-order valence-electron chi connectivity index (χ0n) is 24.3. The van der Waals surface area contributed by atoms with Gasteiger partial charge in [0.05, 0.1) is 29.9 Å². The molecule has 0 unspecified atom stereocenters. The van der Waals surface area contributed by atoms with Crippen molar-refractivity contribution in [3.63, 3.8) is 0 Å². The van der Waals surface area contributed by atoms with Gasteiger partial charge in [-0.15, -0.1) is 0 Å². The lowest BCUT2D eigenvalue weighted by molar-refractivity contribution is -0.153. The van der Waals surface area contributed by atoms with Gasteiger partial charge in [-0.05, 0) is 67.6 Å². The number of nitriles is 2. The van der Waals surface area contributed by atoms with Crippen LogP contribution in [0.2, 0.25) is 0 Å². The van der Waals surface area contributed by atoms with Crippen LogP contribution in [0.15, 0.2) is 94.2 Å². The fourth-order valence-corrected chi connectivity index (χ4v) is 3.95. The van der Waals surface area contributed by atoms with Crippen molar-refractivity contribution in [3.8, 4) is 69.6 Å². The van der Waals surface area contributed by atoms with Crippen LogP contribution in [0.25, 0.3) is 45.9 Å². The molecule has 0 bridgehead atoms. The van der Waals surface area contributed by atoms with Crippen LogP contribution in [0.3, 0.4) is 0 Å². The van der Waals surface area contributed by atoms with Gasteiger partial charge in [0, 0.05) is 23.5 Å². The first-order valence-corrected chi connectivity index (χ1v) is 13.7. The molecule has 0 aliphatic rings. The van der Waals surface area contributed by atoms with Gasteiger partial charge in [-0.1, -0.05) is 22.4 Å². The van der Waals surface area contributed by atoms with E-state index in [1.165, 1.54) is 18.2 Å². The van der Waals surface area contributed by atoms with E-state index in [1.807, 2.05) is 25.1 Å². The highest BCUT2D eigenvalue weighted by Crippen LogP contribution is 2.29. The normalized spacial score (nSPS) is 10.7. The van der Waals surface area contributed by atoms with E-state index in [4.69, 9.17) is 24.3 Å². The van der Waals surface area contributed by atoms with Crippen LogP contribution >= 0.6 is 0 Å². The molecule has 0 radical (unpaired) electrons. The van der Waals surface area contributed by atoms with Gasteiger partial charge in [-0.25, -0.2) is 0 Å². The number of alkyl halides is 3. The first-order valence-electron chi connectivity index (χ1n) is 13.7. The van der Waals surface area contributed by atoms with E-state index >= 15 is 0 Å². The summed E-state index contributed by atoms with van der Waals surface area (Å²) in [6.45, 7) is 0.923. The molecular formula is C32H21F3N8O4. The lowest BCUT2D eigenvalue weighted by atomic mass is 10.1. The standard InChI is InChI=1S/C16H9F3N4O2.C16H12N4O2/c17-16(18,19)9-24-12-6-10(8-20)5-11(7-12)15-22-14(23-25-15)13-3-1-2-4-21-13;1-2-21-13-8-11(10-17)7-12(9-13)16-19-15(20-22-16)14-5-3-4-6-18-14/h1-7H,9H2;3-9H,2H2,1H3. The number of hydrogen-bond donors (Lipinski definition) is 0. The van der Waals surface area contributed by atoms with E-state index in [0.29, 0.717) is 46.6 Å². The maximum Gasteiger partial charge on any atom is 0.422 e. The molecular weight excluding hydrogens is 617 g/mol. The highest BCUT2D eigenvalue weighted by atomic mass is 19.4. The average molecular weight is 639 g/mol. The van der Waals surface area contributed by atoms with Crippen molar-refractivity contribution in [1.29, 1.82) is 10.5 Å². The molecule has 6 rings (SSSR count). The van der Waals surface area contributed by atoms with Crippen LogP contribution in [0.1, 0.15) is 18.1 Å². The molecule has 15 heteroatoms. The molecule has 0 saturated carbocycles. The zero-order chi connectivity index (χ0) is 33.2. The van der Waals surface area contributed by atoms with Crippen molar-refractivity contribution in [2.45, 2.75) is 13.1 Å². The lowest BCUT2D eigenvalue weighted by Gasteiger charge is -2.09. The Morgan fingerprint density at radius 1 is 0.702 bits per heavy atom. The number of nitrogens with zero attached hydrogens (tertiary/aromatic N) is 8. The van der Waals surface area contributed by atoms with Crippen LogP contribution in [-0.2, 0) is 0 Å². The van der Waals surface area contributed by atoms with Crippen LogP contribution in [0.4, 0.5) is 13.2 Å². The molecule has 0 atom stereocenters. The number of halogens is 3. The molecule has 234 valence electrons. The van der Waals surface area contributed by atoms with E-state index < -0.39 is 12.8 Å². The van der Waals surface area contributed by atoms with E-state index in [1.54, 1.807) is 54.9 Å². The Morgan fingerprint density at radius 3 is 1.60 bits per heavy atom. The Kier molecular flexibility index (Phi) is 9.78. The number of aromatic nitrogens is 6. The lowest BCUT2D eigenvalue weighted by Crippen LogP contribution is -2.19. The van der Waals surface area contributed by atoms with Gasteiger partial charge in [0.15, 0.2) is 6.61 Å². The van der Waals surface area contributed by atoms with Crippen LogP contribution < -0.4 is 9.47 Å². The molecule has 0 amide bonds. The summed E-state index contributed by atoms with van der Waals surface area (Å²) < 4.78 is 57.4. The molecule has 0 N–H and O–H groups in total. The summed E-state index contributed by atoms with van der Waals surface area (Å²) in [6.07, 6.45) is -1.26. The highest BCUT2D eigenvalue weighted by Gasteiger charge is 2.28. The third kappa shape index (κ3) is 8.52. The Balaban J connectivity index is 0.000000186. The minimum atomic E-state index is -4.49. The molecule has 0 saturated heterocycles. The first kappa shape index (κ1) is 31.8. The summed E-state index contributed by atoms with van der Waals surface area (Å²) >= 11 is 0. The van der Waals surface area contributed by atoms with E-state index in [-0.39, 0.29) is 28.6 Å². The quantitative estimate of drug-likeness (QED) is 0.173. The monoisotopic (exact) mass is 638 g/mol. The van der Waals surface area contributed by atoms with Gasteiger partial charge >= 0.3 is 6.18 Å². The second kappa shape index (κ2) is 14.4. The number of hydrogen-bond acceptors (Lipinski definition) is 12. The third-order valence-corrected chi connectivity index (χ3v) is 5.92. The molecule has 0 aliphatic heterocycles. The van der Waals surface area contributed by atoms with E-state index in [9.17, 15) is 13.2 Å². The van der Waals surface area contributed by atoms with Crippen molar-refractivity contribution in [2.75, 3.05) is 13.2 Å². The average Bonchev–Trinajstić information content (AvgIpc) is 3.80. The van der Waals surface area contributed by atoms with Crippen LogP contribution in [0.5, 0.6) is 11.5 Å². The van der Waals surface area contributed by atoms with Gasteiger partial charge in [-0.3, -0.25) is 9.97 Å². The Bertz CT molecular complexity index is 2040. The SMILES string of the molecule is CCOc1cc(C#N)cc(-c2nc(-c3ccccn3)no2)c1.N#Cc1cc(OCC(F)(F)F)cc(-c2nc(-c3ccccn3)no2)c1. The predicted molar refractivity (Wildman–Crippen MR) is 158 cm³/mol. The van der Waals surface area contributed by atoms with Crippen molar-refractivity contribution >= 4 is 0 Å². The van der Waals surface area contributed by atoms with Crippen molar-refractivity contribution in [2.24, 2.45) is 0 Å². The maximum absolute atomic E-state index is 12.3. The number of rotatable bonds is 8. The molecule has 0 spiro atoms. The van der Waals surface area contributed by atoms with E-state index in [2.05, 4.69) is 41.1 Å². The van der Waals surface area contributed by atoms with Gasteiger partial charge in [0.2, 0.25) is 11.6 Å². The topological polar surface area (TPSA) is 170 Å². The Labute approximate surface area is 264 Å². The van der Waals surface area contributed by atoms with Crippen LogP contribution in [-0.4, -0.2) is 49.6 Å². The third-order valence-electron chi connectivity index (χ3n) is 5.92. The van der Waals surface area contributed by atoms with Gasteiger partial charge < -0.3 is 18.5 Å². The summed E-state index contributed by atoms with van der Waals surface area (Å²) in [5.74, 6) is 1.44. The molecule has 12 nitrogen and oxygen atoms in total. The highest BCUT2D eigenvalue weighted by molar-refractivity contribution is 5.63. The smallest absolute Gasteiger partial charge is 0.422 e. The van der Waals surface area contributed by atoms with Crippen molar-refractivity contribution in [1.82, 2.24) is 30.2 Å². The fourth-order valence-electron chi connectivity index (χ4n) is 3.95. The first-order chi connectivity index (χ1) is 22.7. The minimum absolute atomic E-state index is 0.0367. The maximum atomic E-state index is 12.3. The van der Waals surface area contributed by atoms with Crippen molar-refractivity contribution in [3.05, 3.63) is 96.3 Å². The molecule has 0 aliphatic carbocycles. The second-order valence-electron chi connectivity index (χ2n) is 9.33. The largest absolute Gasteiger partial charge is 0.494 e. The molecule has 6 aromatic rings. The summed E-state index contributed by atoms with van der Waals surface area (Å²) in [4.78, 5) is 16.7. The molecule has 2 aromatic carbocycles. The van der Waals surface area contributed by atoms with Gasteiger partial charge in [-0.2, -0.15) is 33.7 Å². The predicted octanol–water partition coefficient (Wildman–Crippen LogP) is 6.68. The minimum Gasteiger partial charge on any atom is -0.494 e. The van der Waals surface area contributed by atoms with Gasteiger partial charge in [0.1, 0.15) is 22.9 Å².